The lowest BCUT2D eigenvalue weighted by Gasteiger charge is -2.07. The predicted octanol–water partition coefficient (Wildman–Crippen LogP) is 3.28. The van der Waals surface area contributed by atoms with Gasteiger partial charge in [-0.05, 0) is 44.2 Å². The van der Waals surface area contributed by atoms with Crippen LogP contribution in [0, 0.1) is 18.3 Å². The van der Waals surface area contributed by atoms with Crippen molar-refractivity contribution < 1.29 is 9.53 Å². The van der Waals surface area contributed by atoms with Gasteiger partial charge >= 0.3 is 0 Å². The summed E-state index contributed by atoms with van der Waals surface area (Å²) in [4.78, 5) is 12.3. The molecule has 0 saturated heterocycles. The summed E-state index contributed by atoms with van der Waals surface area (Å²) in [5, 5.41) is 12.0. The summed E-state index contributed by atoms with van der Waals surface area (Å²) in [6, 6.07) is 12.8. The van der Waals surface area contributed by atoms with Crippen molar-refractivity contribution in [3.8, 4) is 11.8 Å². The third-order valence-electron chi connectivity index (χ3n) is 3.47. The number of hydrogen-bond acceptors (Lipinski definition) is 3. The summed E-state index contributed by atoms with van der Waals surface area (Å²) in [5.74, 6) is 0.228. The van der Waals surface area contributed by atoms with Crippen molar-refractivity contribution in [1.82, 2.24) is 4.57 Å². The van der Waals surface area contributed by atoms with Crippen LogP contribution in [-0.4, -0.2) is 17.1 Å². The van der Waals surface area contributed by atoms with Crippen LogP contribution in [0.25, 0.3) is 6.08 Å². The first-order valence-electron chi connectivity index (χ1n) is 7.33. The fraction of sp³-hybridized carbons (Fsp3) is 0.222. The summed E-state index contributed by atoms with van der Waals surface area (Å²) in [6.07, 6.45) is 1.58. The molecule has 0 radical (unpaired) electrons. The highest BCUT2D eigenvalue weighted by Crippen LogP contribution is 2.18. The van der Waals surface area contributed by atoms with Gasteiger partial charge in [-0.25, -0.2) is 0 Å². The standard InChI is InChI=1S/C18H19N3O2/c1-4-23-17-7-5-6-15(11-17)20-18(22)14(12-19)10-16-9-8-13(2)21(16)3/h5-11H,4H2,1-3H3,(H,20,22)/b14-10-. The van der Waals surface area contributed by atoms with Gasteiger partial charge in [0.05, 0.1) is 6.61 Å². The topological polar surface area (TPSA) is 67.0 Å². The van der Waals surface area contributed by atoms with Gasteiger partial charge in [-0.3, -0.25) is 4.79 Å². The summed E-state index contributed by atoms with van der Waals surface area (Å²) < 4.78 is 7.31. The zero-order chi connectivity index (χ0) is 16.8. The molecule has 0 atom stereocenters. The van der Waals surface area contributed by atoms with Gasteiger partial charge in [0.1, 0.15) is 17.4 Å². The minimum Gasteiger partial charge on any atom is -0.494 e. The first-order valence-corrected chi connectivity index (χ1v) is 7.33. The van der Waals surface area contributed by atoms with Gasteiger partial charge in [-0.15, -0.1) is 0 Å². The minimum absolute atomic E-state index is 0.0491. The van der Waals surface area contributed by atoms with Crippen LogP contribution >= 0.6 is 0 Å². The molecular weight excluding hydrogens is 290 g/mol. The maximum atomic E-state index is 12.3. The van der Waals surface area contributed by atoms with Gasteiger partial charge in [-0.2, -0.15) is 5.26 Å². The van der Waals surface area contributed by atoms with E-state index in [1.54, 1.807) is 24.3 Å². The molecule has 0 aliphatic carbocycles. The van der Waals surface area contributed by atoms with E-state index in [9.17, 15) is 10.1 Å². The van der Waals surface area contributed by atoms with E-state index in [1.165, 1.54) is 0 Å². The molecule has 1 N–H and O–H groups in total. The molecule has 1 aromatic heterocycles. The average Bonchev–Trinajstić information content (AvgIpc) is 2.85. The van der Waals surface area contributed by atoms with Crippen molar-refractivity contribution in [2.75, 3.05) is 11.9 Å². The van der Waals surface area contributed by atoms with E-state index in [-0.39, 0.29) is 5.57 Å². The number of aryl methyl sites for hydroxylation is 1. The van der Waals surface area contributed by atoms with Crippen molar-refractivity contribution in [3.05, 3.63) is 53.4 Å². The largest absolute Gasteiger partial charge is 0.494 e. The lowest BCUT2D eigenvalue weighted by molar-refractivity contribution is -0.112. The summed E-state index contributed by atoms with van der Waals surface area (Å²) in [7, 11) is 1.89. The van der Waals surface area contributed by atoms with E-state index >= 15 is 0 Å². The lowest BCUT2D eigenvalue weighted by atomic mass is 10.2. The molecule has 2 rings (SSSR count). The van der Waals surface area contributed by atoms with Crippen LogP contribution in [0.2, 0.25) is 0 Å². The Labute approximate surface area is 135 Å². The Morgan fingerprint density at radius 3 is 2.78 bits per heavy atom. The van der Waals surface area contributed by atoms with E-state index in [4.69, 9.17) is 4.74 Å². The number of nitriles is 1. The molecule has 0 bridgehead atoms. The van der Waals surface area contributed by atoms with E-state index in [2.05, 4.69) is 5.32 Å². The monoisotopic (exact) mass is 309 g/mol. The van der Waals surface area contributed by atoms with E-state index in [1.807, 2.05) is 49.7 Å². The van der Waals surface area contributed by atoms with Crippen molar-refractivity contribution in [2.24, 2.45) is 7.05 Å². The van der Waals surface area contributed by atoms with Gasteiger partial charge in [0.25, 0.3) is 5.91 Å². The van der Waals surface area contributed by atoms with Gasteiger partial charge in [0.15, 0.2) is 0 Å². The maximum absolute atomic E-state index is 12.3. The molecule has 118 valence electrons. The summed E-state index contributed by atoms with van der Waals surface area (Å²) in [6.45, 7) is 4.40. The smallest absolute Gasteiger partial charge is 0.266 e. The first-order chi connectivity index (χ1) is 11.0. The van der Waals surface area contributed by atoms with Gasteiger partial charge in [0.2, 0.25) is 0 Å². The van der Waals surface area contributed by atoms with Crippen LogP contribution in [0.5, 0.6) is 5.75 Å². The Hall–Kier alpha value is -3.00. The number of anilines is 1. The van der Waals surface area contributed by atoms with Gasteiger partial charge in [-0.1, -0.05) is 6.07 Å². The second kappa shape index (κ2) is 7.32. The van der Waals surface area contributed by atoms with Crippen LogP contribution in [0.15, 0.2) is 42.0 Å². The molecule has 2 aromatic rings. The highest BCUT2D eigenvalue weighted by molar-refractivity contribution is 6.09. The molecule has 0 spiro atoms. The number of carbonyl (C=O) groups is 1. The molecule has 1 amide bonds. The maximum Gasteiger partial charge on any atom is 0.266 e. The summed E-state index contributed by atoms with van der Waals surface area (Å²) >= 11 is 0. The first kappa shape index (κ1) is 16.4. The zero-order valence-corrected chi connectivity index (χ0v) is 13.5. The zero-order valence-electron chi connectivity index (χ0n) is 13.5. The van der Waals surface area contributed by atoms with Crippen molar-refractivity contribution >= 4 is 17.7 Å². The van der Waals surface area contributed by atoms with Crippen molar-refractivity contribution in [1.29, 1.82) is 5.26 Å². The molecule has 1 aromatic carbocycles. The molecule has 5 nitrogen and oxygen atoms in total. The molecule has 0 aliphatic heterocycles. The highest BCUT2D eigenvalue weighted by atomic mass is 16.5. The quantitative estimate of drug-likeness (QED) is 0.681. The molecule has 0 aliphatic rings. The average molecular weight is 309 g/mol. The molecule has 5 heteroatoms. The molecule has 1 heterocycles. The lowest BCUT2D eigenvalue weighted by Crippen LogP contribution is -2.13. The Kier molecular flexibility index (Phi) is 5.21. The Balaban J connectivity index is 2.19. The summed E-state index contributed by atoms with van der Waals surface area (Å²) in [5.41, 5.74) is 2.49. The minimum atomic E-state index is -0.444. The number of ether oxygens (including phenoxy) is 1. The second-order valence-corrected chi connectivity index (χ2v) is 5.04. The van der Waals surface area contributed by atoms with Crippen LogP contribution in [0.3, 0.4) is 0 Å². The van der Waals surface area contributed by atoms with Crippen LogP contribution < -0.4 is 10.1 Å². The molecular formula is C18H19N3O2. The Morgan fingerprint density at radius 1 is 1.39 bits per heavy atom. The predicted molar refractivity (Wildman–Crippen MR) is 90.0 cm³/mol. The van der Waals surface area contributed by atoms with Gasteiger partial charge in [0, 0.05) is 30.2 Å². The third-order valence-corrected chi connectivity index (χ3v) is 3.47. The molecule has 0 unspecified atom stereocenters. The fourth-order valence-corrected chi connectivity index (χ4v) is 2.10. The van der Waals surface area contributed by atoms with Gasteiger partial charge < -0.3 is 14.6 Å². The molecule has 0 fully saturated rings. The van der Waals surface area contributed by atoms with E-state index in [0.717, 1.165) is 11.4 Å². The normalized spacial score (nSPS) is 11.0. The number of rotatable bonds is 5. The fourth-order valence-electron chi connectivity index (χ4n) is 2.10. The second-order valence-electron chi connectivity index (χ2n) is 5.04. The van der Waals surface area contributed by atoms with E-state index in [0.29, 0.717) is 18.0 Å². The highest BCUT2D eigenvalue weighted by Gasteiger charge is 2.11. The SMILES string of the molecule is CCOc1cccc(NC(=O)/C(C#N)=C\c2ccc(C)n2C)c1. The number of aromatic nitrogens is 1. The van der Waals surface area contributed by atoms with Crippen molar-refractivity contribution in [2.45, 2.75) is 13.8 Å². The number of nitrogens with zero attached hydrogens (tertiary/aromatic N) is 2. The number of hydrogen-bond donors (Lipinski definition) is 1. The molecule has 23 heavy (non-hydrogen) atoms. The molecule has 0 saturated carbocycles. The number of carbonyl (C=O) groups excluding carboxylic acids is 1. The van der Waals surface area contributed by atoms with Crippen LogP contribution in [-0.2, 0) is 11.8 Å². The number of benzene rings is 1. The van der Waals surface area contributed by atoms with Crippen LogP contribution in [0.1, 0.15) is 18.3 Å². The van der Waals surface area contributed by atoms with Crippen molar-refractivity contribution in [3.63, 3.8) is 0 Å². The Morgan fingerprint density at radius 2 is 2.17 bits per heavy atom. The van der Waals surface area contributed by atoms with E-state index < -0.39 is 5.91 Å². The van der Waals surface area contributed by atoms with Crippen LogP contribution in [0.4, 0.5) is 5.69 Å². The number of amides is 1. The Bertz CT molecular complexity index is 782. The third kappa shape index (κ3) is 4.01. The number of nitrogens with one attached hydrogen (secondary N) is 1.